The minimum atomic E-state index is -1.83. The molecule has 2 aromatic carbocycles. The quantitative estimate of drug-likeness (QED) is 0.449. The normalized spacial score (nSPS) is 9.09. The lowest BCUT2D eigenvalue weighted by molar-refractivity contribution is 0.112. The van der Waals surface area contributed by atoms with Gasteiger partial charge in [0, 0.05) is 5.56 Å². The first kappa shape index (κ1) is 17.7. The lowest BCUT2D eigenvalue weighted by atomic mass is 10.2. The smallest absolute Gasteiger partial charge is 0.512 e. The third-order valence-electron chi connectivity index (χ3n) is 2.24. The van der Waals surface area contributed by atoms with Crippen LogP contribution in [-0.4, -0.2) is 41.0 Å². The molecule has 0 bridgehead atoms. The summed E-state index contributed by atoms with van der Waals surface area (Å²) in [4.78, 5) is 10.2. The van der Waals surface area contributed by atoms with E-state index < -0.39 is 14.6 Å². The van der Waals surface area contributed by atoms with E-state index in [4.69, 9.17) is 20.1 Å². The van der Waals surface area contributed by atoms with Gasteiger partial charge in [-0.1, -0.05) is 18.2 Å². The van der Waals surface area contributed by atoms with Crippen LogP contribution in [0.3, 0.4) is 0 Å². The maximum Gasteiger partial charge on any atom is 0.707 e. The highest BCUT2D eigenvalue weighted by Gasteiger charge is 2.10. The number of benzene rings is 2. The highest BCUT2D eigenvalue weighted by atomic mass is 16.6. The van der Waals surface area contributed by atoms with Gasteiger partial charge in [-0.25, -0.2) is 0 Å². The Morgan fingerprint density at radius 3 is 1.59 bits per heavy atom. The van der Waals surface area contributed by atoms with Gasteiger partial charge in [-0.3, -0.25) is 4.79 Å². The van der Waals surface area contributed by atoms with Gasteiger partial charge in [-0.05, 0) is 36.4 Å². The Labute approximate surface area is 127 Å². The Morgan fingerprint density at radius 2 is 1.18 bits per heavy atom. The second-order valence-electron chi connectivity index (χ2n) is 3.89. The average molecular weight is 304 g/mol. The molecule has 0 saturated heterocycles. The maximum atomic E-state index is 10.2. The molecule has 4 N–H and O–H groups in total. The molecule has 2 rings (SSSR count). The van der Waals surface area contributed by atoms with Gasteiger partial charge >= 0.3 is 14.6 Å². The summed E-state index contributed by atoms with van der Waals surface area (Å²) in [6, 6.07) is 14.6. The van der Waals surface area contributed by atoms with Gasteiger partial charge in [0.15, 0.2) is 0 Å². The third kappa shape index (κ3) is 7.46. The summed E-state index contributed by atoms with van der Waals surface area (Å²) >= 11 is 0. The number of hydrogen-bond acceptors (Lipinski definition) is 7. The van der Waals surface area contributed by atoms with Crippen LogP contribution in [0.5, 0.6) is 11.5 Å². The monoisotopic (exact) mass is 304 g/mol. The molecule has 0 heterocycles. The molecule has 0 atom stereocenters. The van der Waals surface area contributed by atoms with Crippen molar-refractivity contribution in [3.8, 4) is 11.5 Å². The summed E-state index contributed by atoms with van der Waals surface area (Å²) in [5, 5.41) is 33.5. The molecular formula is C13H14B2O7. The highest BCUT2D eigenvalue weighted by Crippen LogP contribution is 2.10. The standard InChI is InChI=1S/C7H7BO4.C6H7BO3/c9-5-6-1-3-7(4-2-6)12-8(10)11;8-7(9)10-6-4-2-1-3-5-6/h1-5,10-11H;1-5,8-9H. The zero-order valence-corrected chi connectivity index (χ0v) is 11.4. The van der Waals surface area contributed by atoms with Crippen molar-refractivity contribution in [2.75, 3.05) is 0 Å². The molecule has 9 heteroatoms. The van der Waals surface area contributed by atoms with Crippen LogP contribution < -0.4 is 9.31 Å². The van der Waals surface area contributed by atoms with Crippen LogP contribution in [0, 0.1) is 0 Å². The van der Waals surface area contributed by atoms with Crippen molar-refractivity contribution >= 4 is 20.9 Å². The van der Waals surface area contributed by atoms with E-state index in [0.717, 1.165) is 0 Å². The average Bonchev–Trinajstić information content (AvgIpc) is 2.48. The van der Waals surface area contributed by atoms with E-state index in [1.807, 2.05) is 6.07 Å². The zero-order chi connectivity index (χ0) is 16.4. The van der Waals surface area contributed by atoms with Crippen molar-refractivity contribution in [1.29, 1.82) is 0 Å². The van der Waals surface area contributed by atoms with Crippen molar-refractivity contribution in [3.05, 3.63) is 60.2 Å². The molecule has 0 fully saturated rings. The third-order valence-corrected chi connectivity index (χ3v) is 2.24. The number of para-hydroxylation sites is 1. The van der Waals surface area contributed by atoms with Gasteiger partial charge < -0.3 is 29.4 Å². The van der Waals surface area contributed by atoms with Gasteiger partial charge in [0.05, 0.1) is 0 Å². The Hall–Kier alpha value is -2.32. The Kier molecular flexibility index (Phi) is 7.73. The molecule has 0 aliphatic carbocycles. The summed E-state index contributed by atoms with van der Waals surface area (Å²) in [5.74, 6) is 0.744. The van der Waals surface area contributed by atoms with Crippen LogP contribution in [0.4, 0.5) is 0 Å². The Morgan fingerprint density at radius 1 is 0.727 bits per heavy atom. The van der Waals surface area contributed by atoms with E-state index in [-0.39, 0.29) is 0 Å². The Balaban J connectivity index is 0.000000224. The molecule has 0 aliphatic heterocycles. The first-order chi connectivity index (χ1) is 10.5. The highest BCUT2D eigenvalue weighted by molar-refractivity contribution is 6.34. The fourth-order valence-corrected chi connectivity index (χ4v) is 1.37. The molecule has 2 aromatic rings. The van der Waals surface area contributed by atoms with E-state index in [9.17, 15) is 4.79 Å². The second-order valence-corrected chi connectivity index (χ2v) is 3.89. The number of aldehydes is 1. The van der Waals surface area contributed by atoms with Crippen molar-refractivity contribution in [2.24, 2.45) is 0 Å². The van der Waals surface area contributed by atoms with Gasteiger partial charge in [0.25, 0.3) is 0 Å². The van der Waals surface area contributed by atoms with Crippen LogP contribution in [-0.2, 0) is 0 Å². The van der Waals surface area contributed by atoms with Crippen molar-refractivity contribution in [2.45, 2.75) is 0 Å². The molecule has 0 unspecified atom stereocenters. The van der Waals surface area contributed by atoms with Crippen LogP contribution in [0.1, 0.15) is 10.4 Å². The lowest BCUT2D eigenvalue weighted by Gasteiger charge is -2.02. The first-order valence-corrected chi connectivity index (χ1v) is 6.17. The van der Waals surface area contributed by atoms with E-state index in [0.29, 0.717) is 23.3 Å². The van der Waals surface area contributed by atoms with Crippen molar-refractivity contribution < 1.29 is 34.2 Å². The van der Waals surface area contributed by atoms with E-state index in [1.54, 1.807) is 24.3 Å². The van der Waals surface area contributed by atoms with Crippen LogP contribution in [0.2, 0.25) is 0 Å². The fourth-order valence-electron chi connectivity index (χ4n) is 1.37. The molecule has 114 valence electrons. The van der Waals surface area contributed by atoms with Crippen molar-refractivity contribution in [1.82, 2.24) is 0 Å². The minimum Gasteiger partial charge on any atom is -0.512 e. The molecule has 0 aliphatic rings. The van der Waals surface area contributed by atoms with E-state index >= 15 is 0 Å². The molecule has 0 radical (unpaired) electrons. The van der Waals surface area contributed by atoms with E-state index in [2.05, 4.69) is 9.31 Å². The fraction of sp³-hybridized carbons (Fsp3) is 0. The lowest BCUT2D eigenvalue weighted by Crippen LogP contribution is -2.20. The summed E-state index contributed by atoms with van der Waals surface area (Å²) in [6.07, 6.45) is 0.694. The summed E-state index contributed by atoms with van der Waals surface area (Å²) < 4.78 is 9.03. The van der Waals surface area contributed by atoms with Crippen LogP contribution in [0.25, 0.3) is 0 Å². The SMILES string of the molecule is O=Cc1ccc(OB(O)O)cc1.OB(O)Oc1ccccc1. The Bertz CT molecular complexity index is 546. The number of carbonyl (C=O) groups excluding carboxylic acids is 1. The molecule has 0 spiro atoms. The predicted molar refractivity (Wildman–Crippen MR) is 79.9 cm³/mol. The van der Waals surface area contributed by atoms with Crippen molar-refractivity contribution in [3.63, 3.8) is 0 Å². The van der Waals surface area contributed by atoms with Gasteiger partial charge in [0.1, 0.15) is 17.8 Å². The summed E-state index contributed by atoms with van der Waals surface area (Å²) in [5.41, 5.74) is 0.509. The summed E-state index contributed by atoms with van der Waals surface area (Å²) in [6.45, 7) is 0. The molecular weight excluding hydrogens is 290 g/mol. The summed E-state index contributed by atoms with van der Waals surface area (Å²) in [7, 11) is -3.56. The topological polar surface area (TPSA) is 116 Å². The molecule has 22 heavy (non-hydrogen) atoms. The predicted octanol–water partition coefficient (Wildman–Crippen LogP) is -0.118. The molecule has 0 aromatic heterocycles. The van der Waals surface area contributed by atoms with Crippen LogP contribution >= 0.6 is 0 Å². The first-order valence-electron chi connectivity index (χ1n) is 6.17. The zero-order valence-electron chi connectivity index (χ0n) is 11.4. The largest absolute Gasteiger partial charge is 0.707 e. The molecule has 7 nitrogen and oxygen atoms in total. The molecule has 0 amide bonds. The number of carbonyl (C=O) groups is 1. The maximum absolute atomic E-state index is 10.2. The van der Waals surface area contributed by atoms with E-state index in [1.165, 1.54) is 24.3 Å². The van der Waals surface area contributed by atoms with Gasteiger partial charge in [-0.2, -0.15) is 0 Å². The van der Waals surface area contributed by atoms with Crippen LogP contribution in [0.15, 0.2) is 54.6 Å². The van der Waals surface area contributed by atoms with Gasteiger partial charge in [-0.15, -0.1) is 0 Å². The number of hydrogen-bond donors (Lipinski definition) is 4. The minimum absolute atomic E-state index is 0.301. The number of rotatable bonds is 5. The molecule has 0 saturated carbocycles. The van der Waals surface area contributed by atoms with Gasteiger partial charge in [0.2, 0.25) is 0 Å². The second kappa shape index (κ2) is 9.59.